The van der Waals surface area contributed by atoms with Gasteiger partial charge in [-0.25, -0.2) is 4.98 Å². The molecule has 4 aromatic rings. The second kappa shape index (κ2) is 8.82. The summed E-state index contributed by atoms with van der Waals surface area (Å²) in [6.45, 7) is 4.78. The number of unbranched alkanes of at least 4 members (excludes halogenated alkanes) is 1. The van der Waals surface area contributed by atoms with Crippen LogP contribution in [0.4, 0.5) is 5.69 Å². The molecule has 30 heavy (non-hydrogen) atoms. The lowest BCUT2D eigenvalue weighted by Gasteiger charge is -2.09. The van der Waals surface area contributed by atoms with Crippen molar-refractivity contribution in [2.75, 3.05) is 11.9 Å². The zero-order valence-electron chi connectivity index (χ0n) is 17.1. The van der Waals surface area contributed by atoms with Crippen molar-refractivity contribution in [1.82, 2.24) is 4.98 Å². The van der Waals surface area contributed by atoms with Gasteiger partial charge in [-0.2, -0.15) is 0 Å². The molecule has 4 rings (SSSR count). The molecule has 1 N–H and O–H groups in total. The van der Waals surface area contributed by atoms with Crippen LogP contribution in [0.1, 0.15) is 35.7 Å². The molecule has 0 atom stereocenters. The number of rotatable bonds is 7. The number of nitrogens with one attached hydrogen (secondary N) is 1. The Bertz CT molecular complexity index is 1180. The van der Waals surface area contributed by atoms with Gasteiger partial charge in [-0.3, -0.25) is 4.79 Å². The zero-order chi connectivity index (χ0) is 20.9. The van der Waals surface area contributed by atoms with Crippen LogP contribution in [-0.2, 0) is 0 Å². The Morgan fingerprint density at radius 2 is 1.93 bits per heavy atom. The molecule has 0 saturated carbocycles. The number of fused-ring (bicyclic) bond motifs is 1. The molecule has 0 radical (unpaired) electrons. The van der Waals surface area contributed by atoms with Gasteiger partial charge >= 0.3 is 0 Å². The van der Waals surface area contributed by atoms with Crippen molar-refractivity contribution in [3.8, 4) is 17.2 Å². The van der Waals surface area contributed by atoms with Gasteiger partial charge in [0, 0.05) is 16.8 Å². The molecule has 0 aliphatic carbocycles. The summed E-state index contributed by atoms with van der Waals surface area (Å²) in [5.41, 5.74) is 4.70. The molecular weight excluding hydrogens is 376 g/mol. The van der Waals surface area contributed by atoms with Crippen LogP contribution in [0.25, 0.3) is 22.6 Å². The number of hydrogen-bond acceptors (Lipinski definition) is 4. The first-order valence-electron chi connectivity index (χ1n) is 10.1. The van der Waals surface area contributed by atoms with Crippen molar-refractivity contribution in [2.24, 2.45) is 0 Å². The minimum atomic E-state index is -0.193. The summed E-state index contributed by atoms with van der Waals surface area (Å²) in [4.78, 5) is 17.3. The smallest absolute Gasteiger partial charge is 0.255 e. The molecule has 5 heteroatoms. The number of hydrogen-bond donors (Lipinski definition) is 1. The Labute approximate surface area is 175 Å². The first-order valence-corrected chi connectivity index (χ1v) is 10.1. The summed E-state index contributed by atoms with van der Waals surface area (Å²) in [5, 5.41) is 2.94. The first kappa shape index (κ1) is 19.7. The Hall–Kier alpha value is -3.60. The molecule has 0 aliphatic rings. The molecule has 1 heterocycles. The minimum Gasteiger partial charge on any atom is -0.494 e. The molecular formula is C25H24N2O3. The fourth-order valence-electron chi connectivity index (χ4n) is 3.15. The van der Waals surface area contributed by atoms with Crippen molar-refractivity contribution in [3.05, 3.63) is 77.9 Å². The molecule has 5 nitrogen and oxygen atoms in total. The highest BCUT2D eigenvalue weighted by atomic mass is 16.5. The Balaban J connectivity index is 1.51. The lowest BCUT2D eigenvalue weighted by molar-refractivity contribution is 0.102. The average Bonchev–Trinajstić information content (AvgIpc) is 3.18. The number of carbonyl (C=O) groups is 1. The van der Waals surface area contributed by atoms with Crippen LogP contribution in [0.2, 0.25) is 0 Å². The lowest BCUT2D eigenvalue weighted by Crippen LogP contribution is -2.12. The highest BCUT2D eigenvalue weighted by Crippen LogP contribution is 2.27. The fraction of sp³-hybridized carbons (Fsp3) is 0.200. The normalized spacial score (nSPS) is 10.9. The second-order valence-corrected chi connectivity index (χ2v) is 7.25. The quantitative estimate of drug-likeness (QED) is 0.373. The third-order valence-electron chi connectivity index (χ3n) is 4.77. The molecule has 0 spiro atoms. The van der Waals surface area contributed by atoms with Gasteiger partial charge in [-0.1, -0.05) is 31.5 Å². The molecule has 152 valence electrons. The van der Waals surface area contributed by atoms with Crippen LogP contribution >= 0.6 is 0 Å². The number of aryl methyl sites for hydroxylation is 1. The van der Waals surface area contributed by atoms with E-state index in [1.54, 1.807) is 12.1 Å². The number of nitrogens with zero attached hydrogens (tertiary/aromatic N) is 1. The summed E-state index contributed by atoms with van der Waals surface area (Å²) >= 11 is 0. The van der Waals surface area contributed by atoms with Gasteiger partial charge in [0.05, 0.1) is 6.61 Å². The monoisotopic (exact) mass is 400 g/mol. The second-order valence-electron chi connectivity index (χ2n) is 7.25. The minimum absolute atomic E-state index is 0.193. The van der Waals surface area contributed by atoms with Crippen molar-refractivity contribution in [1.29, 1.82) is 0 Å². The highest BCUT2D eigenvalue weighted by molar-refractivity contribution is 6.04. The third kappa shape index (κ3) is 4.51. The molecule has 0 aliphatic heterocycles. The SMILES string of the molecule is CCCCOc1cccc(C(=O)Nc2cccc(-c3nc4ccc(C)cc4o3)c2)c1. The average molecular weight is 400 g/mol. The molecule has 0 saturated heterocycles. The summed E-state index contributed by atoms with van der Waals surface area (Å²) in [5.74, 6) is 1.03. The predicted molar refractivity (Wildman–Crippen MR) is 119 cm³/mol. The van der Waals surface area contributed by atoms with Crippen molar-refractivity contribution in [3.63, 3.8) is 0 Å². The van der Waals surface area contributed by atoms with Crippen LogP contribution in [0.3, 0.4) is 0 Å². The summed E-state index contributed by atoms with van der Waals surface area (Å²) < 4.78 is 11.6. The van der Waals surface area contributed by atoms with Crippen LogP contribution in [0.5, 0.6) is 5.75 Å². The van der Waals surface area contributed by atoms with E-state index in [1.807, 2.05) is 61.5 Å². The Morgan fingerprint density at radius 1 is 1.07 bits per heavy atom. The van der Waals surface area contributed by atoms with E-state index in [0.29, 0.717) is 29.5 Å². The van der Waals surface area contributed by atoms with Crippen molar-refractivity contribution < 1.29 is 13.9 Å². The Morgan fingerprint density at radius 3 is 2.80 bits per heavy atom. The number of oxazole rings is 1. The number of ether oxygens (including phenoxy) is 1. The van der Waals surface area contributed by atoms with Gasteiger partial charge in [-0.05, 0) is 67.4 Å². The van der Waals surface area contributed by atoms with Gasteiger partial charge in [-0.15, -0.1) is 0 Å². The van der Waals surface area contributed by atoms with Crippen molar-refractivity contribution in [2.45, 2.75) is 26.7 Å². The highest BCUT2D eigenvalue weighted by Gasteiger charge is 2.11. The van der Waals surface area contributed by atoms with Gasteiger partial charge < -0.3 is 14.5 Å². The molecule has 1 aromatic heterocycles. The van der Waals surface area contributed by atoms with Crippen LogP contribution in [-0.4, -0.2) is 17.5 Å². The summed E-state index contributed by atoms with van der Waals surface area (Å²) in [6.07, 6.45) is 2.05. The van der Waals surface area contributed by atoms with Crippen LogP contribution in [0.15, 0.2) is 71.1 Å². The predicted octanol–water partition coefficient (Wildman–Crippen LogP) is 6.23. The zero-order valence-corrected chi connectivity index (χ0v) is 17.1. The van der Waals surface area contributed by atoms with Gasteiger partial charge in [0.15, 0.2) is 5.58 Å². The number of anilines is 1. The van der Waals surface area contributed by atoms with E-state index in [0.717, 1.165) is 35.1 Å². The lowest BCUT2D eigenvalue weighted by atomic mass is 10.1. The summed E-state index contributed by atoms with van der Waals surface area (Å²) in [6, 6.07) is 20.6. The Kier molecular flexibility index (Phi) is 5.80. The van der Waals surface area contributed by atoms with Crippen LogP contribution in [0, 0.1) is 6.92 Å². The topological polar surface area (TPSA) is 64.4 Å². The van der Waals surface area contributed by atoms with E-state index in [4.69, 9.17) is 9.15 Å². The van der Waals surface area contributed by atoms with E-state index >= 15 is 0 Å². The van der Waals surface area contributed by atoms with E-state index in [1.165, 1.54) is 0 Å². The molecule has 0 bridgehead atoms. The van der Waals surface area contributed by atoms with E-state index in [9.17, 15) is 4.79 Å². The molecule has 0 unspecified atom stereocenters. The van der Waals surface area contributed by atoms with Gasteiger partial charge in [0.2, 0.25) is 5.89 Å². The van der Waals surface area contributed by atoms with Crippen molar-refractivity contribution >= 4 is 22.7 Å². The van der Waals surface area contributed by atoms with E-state index < -0.39 is 0 Å². The van der Waals surface area contributed by atoms with Gasteiger partial charge in [0.1, 0.15) is 11.3 Å². The maximum absolute atomic E-state index is 12.7. The molecule has 1 amide bonds. The van der Waals surface area contributed by atoms with Gasteiger partial charge in [0.25, 0.3) is 5.91 Å². The number of amides is 1. The first-order chi connectivity index (χ1) is 14.6. The number of aromatic nitrogens is 1. The molecule has 3 aromatic carbocycles. The van der Waals surface area contributed by atoms with Crippen LogP contribution < -0.4 is 10.1 Å². The maximum atomic E-state index is 12.7. The standard InChI is InChI=1S/C25H24N2O3/c1-3-4-13-29-21-10-6-7-18(16-21)24(28)26-20-9-5-8-19(15-20)25-27-22-12-11-17(2)14-23(22)30-25/h5-12,14-16H,3-4,13H2,1-2H3,(H,26,28). The summed E-state index contributed by atoms with van der Waals surface area (Å²) in [7, 11) is 0. The molecule has 0 fully saturated rings. The number of carbonyl (C=O) groups excluding carboxylic acids is 1. The largest absolute Gasteiger partial charge is 0.494 e. The maximum Gasteiger partial charge on any atom is 0.255 e. The third-order valence-corrected chi connectivity index (χ3v) is 4.77. The van der Waals surface area contributed by atoms with E-state index in [2.05, 4.69) is 17.2 Å². The van der Waals surface area contributed by atoms with E-state index in [-0.39, 0.29) is 5.91 Å². The number of benzene rings is 3. The fourth-order valence-corrected chi connectivity index (χ4v) is 3.15.